The number of fused-ring (bicyclic) bond motifs is 6. The first-order valence-electron chi connectivity index (χ1n) is 21.2. The van der Waals surface area contributed by atoms with E-state index in [1.807, 2.05) is 24.1 Å². The molecule has 3 fully saturated rings. The molecule has 0 amide bonds. The fourth-order valence-corrected chi connectivity index (χ4v) is 13.2. The van der Waals surface area contributed by atoms with Gasteiger partial charge in [0.25, 0.3) is 0 Å². The highest BCUT2D eigenvalue weighted by atomic mass is 16.6. The molecule has 0 radical (unpaired) electrons. The molecule has 2 bridgehead atoms. The number of piperidine rings is 1. The average molecular weight is 795 g/mol. The van der Waals surface area contributed by atoms with Gasteiger partial charge in [-0.2, -0.15) is 0 Å². The van der Waals surface area contributed by atoms with Crippen molar-refractivity contribution in [3.63, 3.8) is 0 Å². The van der Waals surface area contributed by atoms with Crippen LogP contribution in [0.1, 0.15) is 75.3 Å². The summed E-state index contributed by atoms with van der Waals surface area (Å²) in [7, 11) is 6.29. The first-order chi connectivity index (χ1) is 27.9. The summed E-state index contributed by atoms with van der Waals surface area (Å²) >= 11 is 0. The maximum atomic E-state index is 15.3. The standard InChI is InChI=1S/C46H58N4O8/c1-8-27-20-28-23-45(42(52)56-6,38-31(15-17-49(24-27)25-28)30-12-10-11-13-34(30)47-38)33-21-32-35(22-36(33)55-5)48(4)41-44(32)16-19-50-18-14-29(9-2)37(39(44)50)40(58-26(3)51)46(41,54)43(53)57-7/h10-14,21-22,27-28,37,39-41,47,54H,8-9,15-20,23-25H2,1-7H3/t27-,28+,37-,39+,40+,41-,44+,45+,46-/m0/s1. The number of aliphatic hydroxyl groups is 1. The molecule has 1 aromatic heterocycles. The molecule has 12 nitrogen and oxygen atoms in total. The van der Waals surface area contributed by atoms with E-state index in [9.17, 15) is 14.7 Å². The van der Waals surface area contributed by atoms with Crippen molar-refractivity contribution in [2.24, 2.45) is 17.8 Å². The van der Waals surface area contributed by atoms with Crippen molar-refractivity contribution in [1.29, 1.82) is 0 Å². The van der Waals surface area contributed by atoms with Crippen LogP contribution in [0, 0.1) is 17.8 Å². The molecule has 58 heavy (non-hydrogen) atoms. The zero-order valence-corrected chi connectivity index (χ0v) is 34.9. The van der Waals surface area contributed by atoms with Gasteiger partial charge < -0.3 is 38.8 Å². The summed E-state index contributed by atoms with van der Waals surface area (Å²) in [4.78, 5) is 53.4. The number of carbonyl (C=O) groups is 3. The number of ether oxygens (including phenoxy) is 4. The molecular formula is C46H58N4O8. The molecule has 10 atom stereocenters. The highest BCUT2D eigenvalue weighted by Gasteiger charge is 2.77. The van der Waals surface area contributed by atoms with Crippen molar-refractivity contribution >= 4 is 34.5 Å². The summed E-state index contributed by atoms with van der Waals surface area (Å²) < 4.78 is 24.0. The molecule has 1 unspecified atom stereocenters. The summed E-state index contributed by atoms with van der Waals surface area (Å²) in [5.74, 6) is -1.04. The van der Waals surface area contributed by atoms with Gasteiger partial charge in [-0.15, -0.1) is 0 Å². The number of H-pyrrole nitrogens is 1. The van der Waals surface area contributed by atoms with Gasteiger partial charge >= 0.3 is 17.9 Å². The van der Waals surface area contributed by atoms with E-state index in [2.05, 4.69) is 59.0 Å². The number of carbonyl (C=O) groups excluding carboxylic acids is 3. The Morgan fingerprint density at radius 2 is 1.78 bits per heavy atom. The SMILES string of the molecule is CCC1=CCN2CC[C@]34c5cc([C@]6(C(=O)OC)C[C@H]7C[C@H](CC)CN(CCc8c6[nH]c6ccccc86)C7)c(OC)cc5N(C)[C@@H]3[C@](O)(C(=O)OC)[C@H](OC(C)=O)[C@@H]1[C@@H]24. The summed E-state index contributed by atoms with van der Waals surface area (Å²) in [6.07, 6.45) is 5.59. The molecule has 1 spiro atoms. The number of nitrogens with zero attached hydrogens (tertiary/aromatic N) is 3. The number of esters is 3. The number of hydrogen-bond acceptors (Lipinski definition) is 11. The third-order valence-corrected chi connectivity index (χ3v) is 15.3. The van der Waals surface area contributed by atoms with Gasteiger partial charge in [0.15, 0.2) is 6.10 Å². The number of nitrogens with one attached hydrogen (secondary N) is 1. The van der Waals surface area contributed by atoms with Crippen LogP contribution < -0.4 is 9.64 Å². The van der Waals surface area contributed by atoms with Gasteiger partial charge in [0.05, 0.1) is 27.4 Å². The van der Waals surface area contributed by atoms with Gasteiger partial charge in [-0.3, -0.25) is 14.5 Å². The number of hydrogen-bond donors (Lipinski definition) is 2. The quantitative estimate of drug-likeness (QED) is 0.193. The minimum absolute atomic E-state index is 0.187. The Morgan fingerprint density at radius 3 is 2.48 bits per heavy atom. The number of rotatable bonds is 7. The normalized spacial score (nSPS) is 35.0. The molecule has 2 aromatic carbocycles. The molecule has 5 aliphatic heterocycles. The molecule has 310 valence electrons. The molecule has 12 heteroatoms. The minimum atomic E-state index is -2.24. The van der Waals surface area contributed by atoms with Crippen molar-refractivity contribution in [2.45, 2.75) is 93.9 Å². The third-order valence-electron chi connectivity index (χ3n) is 15.3. The number of benzene rings is 2. The second-order valence-electron chi connectivity index (χ2n) is 17.8. The van der Waals surface area contributed by atoms with Crippen LogP contribution in [0.5, 0.6) is 5.75 Å². The number of para-hydroxylation sites is 1. The van der Waals surface area contributed by atoms with Gasteiger partial charge in [0, 0.05) is 91.4 Å². The molecule has 2 saturated heterocycles. The largest absolute Gasteiger partial charge is 0.496 e. The lowest BCUT2D eigenvalue weighted by Gasteiger charge is -2.59. The monoisotopic (exact) mass is 794 g/mol. The van der Waals surface area contributed by atoms with E-state index in [1.165, 1.54) is 21.1 Å². The Labute approximate surface area is 340 Å². The molecule has 1 saturated carbocycles. The zero-order valence-electron chi connectivity index (χ0n) is 34.9. The van der Waals surface area contributed by atoms with Crippen molar-refractivity contribution in [2.75, 3.05) is 66.0 Å². The van der Waals surface area contributed by atoms with Crippen molar-refractivity contribution in [3.05, 3.63) is 70.4 Å². The van der Waals surface area contributed by atoms with Gasteiger partial charge in [0.2, 0.25) is 5.60 Å². The topological polar surface area (TPSA) is 134 Å². The number of aromatic amines is 1. The lowest BCUT2D eigenvalue weighted by Crippen LogP contribution is -2.78. The highest BCUT2D eigenvalue weighted by Crippen LogP contribution is 2.65. The van der Waals surface area contributed by atoms with Crippen molar-refractivity contribution in [1.82, 2.24) is 14.8 Å². The van der Waals surface area contributed by atoms with Crippen LogP contribution in [-0.2, 0) is 45.8 Å². The van der Waals surface area contributed by atoms with Crippen LogP contribution in [0.15, 0.2) is 48.0 Å². The summed E-state index contributed by atoms with van der Waals surface area (Å²) in [5, 5.41) is 14.3. The number of methoxy groups -OCH3 is 3. The zero-order chi connectivity index (χ0) is 40.9. The first-order valence-corrected chi connectivity index (χ1v) is 21.2. The molecule has 6 heterocycles. The Hall–Kier alpha value is -4.39. The second-order valence-corrected chi connectivity index (χ2v) is 17.8. The molecule has 6 aliphatic rings. The molecule has 3 aromatic rings. The Morgan fingerprint density at radius 1 is 1.00 bits per heavy atom. The Bertz CT molecular complexity index is 2200. The average Bonchev–Trinajstić information content (AvgIpc) is 3.89. The lowest BCUT2D eigenvalue weighted by molar-refractivity contribution is -0.212. The Balaban J connectivity index is 1.35. The third kappa shape index (κ3) is 5.19. The fourth-order valence-electron chi connectivity index (χ4n) is 13.2. The predicted molar refractivity (Wildman–Crippen MR) is 219 cm³/mol. The Kier molecular flexibility index (Phi) is 9.52. The van der Waals surface area contributed by atoms with E-state index < -0.39 is 46.4 Å². The van der Waals surface area contributed by atoms with Crippen LogP contribution in [0.2, 0.25) is 0 Å². The molecule has 2 N–H and O–H groups in total. The number of aromatic nitrogens is 1. The maximum Gasteiger partial charge on any atom is 0.344 e. The van der Waals surface area contributed by atoms with E-state index in [0.29, 0.717) is 49.6 Å². The van der Waals surface area contributed by atoms with Crippen LogP contribution >= 0.6 is 0 Å². The van der Waals surface area contributed by atoms with E-state index in [0.717, 1.165) is 77.9 Å². The van der Waals surface area contributed by atoms with E-state index >= 15 is 4.79 Å². The fraction of sp³-hybridized carbons (Fsp3) is 0.587. The van der Waals surface area contributed by atoms with Crippen LogP contribution in [0.3, 0.4) is 0 Å². The van der Waals surface area contributed by atoms with E-state index in [1.54, 1.807) is 7.11 Å². The first kappa shape index (κ1) is 39.1. The smallest absolute Gasteiger partial charge is 0.344 e. The van der Waals surface area contributed by atoms with E-state index in [-0.39, 0.29) is 17.9 Å². The number of anilines is 1. The minimum Gasteiger partial charge on any atom is -0.496 e. The maximum absolute atomic E-state index is 15.3. The summed E-state index contributed by atoms with van der Waals surface area (Å²) in [6, 6.07) is 11.4. The van der Waals surface area contributed by atoms with Crippen LogP contribution in [-0.4, -0.2) is 123 Å². The molecule has 9 rings (SSSR count). The van der Waals surface area contributed by atoms with Crippen molar-refractivity contribution < 1.29 is 38.4 Å². The van der Waals surface area contributed by atoms with Crippen LogP contribution in [0.4, 0.5) is 5.69 Å². The molecule has 1 aliphatic carbocycles. The van der Waals surface area contributed by atoms with Gasteiger partial charge in [0.1, 0.15) is 11.2 Å². The molecular weight excluding hydrogens is 737 g/mol. The predicted octanol–water partition coefficient (Wildman–Crippen LogP) is 4.88. The van der Waals surface area contributed by atoms with E-state index in [4.69, 9.17) is 18.9 Å². The van der Waals surface area contributed by atoms with Gasteiger partial charge in [-0.05, 0) is 73.7 Å². The highest BCUT2D eigenvalue weighted by molar-refractivity contribution is 5.95. The van der Waals surface area contributed by atoms with Gasteiger partial charge in [-0.1, -0.05) is 50.1 Å². The second kappa shape index (κ2) is 14.1. The van der Waals surface area contributed by atoms with Crippen molar-refractivity contribution in [3.8, 4) is 5.75 Å². The number of likely N-dealkylation sites (N-methyl/N-ethyl adjacent to an activating group) is 1. The summed E-state index contributed by atoms with van der Waals surface area (Å²) in [6.45, 7) is 9.87. The lowest BCUT2D eigenvalue weighted by atomic mass is 9.52. The van der Waals surface area contributed by atoms with Crippen LogP contribution in [0.25, 0.3) is 10.9 Å². The summed E-state index contributed by atoms with van der Waals surface area (Å²) in [5.41, 5.74) is 2.02. The van der Waals surface area contributed by atoms with Gasteiger partial charge in [-0.25, -0.2) is 4.79 Å².